The van der Waals surface area contributed by atoms with Crippen LogP contribution in [0.4, 0.5) is 0 Å². The lowest BCUT2D eigenvalue weighted by atomic mass is 10.0. The number of nitrogens with one attached hydrogen (secondary N) is 1. The molecular formula is C16H24N2O. The summed E-state index contributed by atoms with van der Waals surface area (Å²) in [7, 11) is 0. The van der Waals surface area contributed by atoms with Crippen molar-refractivity contribution in [3.05, 3.63) is 35.9 Å². The summed E-state index contributed by atoms with van der Waals surface area (Å²) in [6.07, 6.45) is 2.53. The average Bonchev–Trinajstić information content (AvgIpc) is 3.27. The standard InChI is InChI=1S/C16H24N2O/c1-3-18(4-2)15(14-8-6-5-7-9-14)16(19)17-12-13-10-11-13/h5-9,13,15H,3-4,10-12H2,1-2H3,(H,17,19). The van der Waals surface area contributed by atoms with Crippen LogP contribution >= 0.6 is 0 Å². The third-order valence-corrected chi connectivity index (χ3v) is 3.80. The maximum absolute atomic E-state index is 12.5. The Morgan fingerprint density at radius 3 is 2.42 bits per heavy atom. The highest BCUT2D eigenvalue weighted by molar-refractivity contribution is 5.83. The van der Waals surface area contributed by atoms with Gasteiger partial charge in [0.1, 0.15) is 6.04 Å². The Hall–Kier alpha value is -1.35. The number of nitrogens with zero attached hydrogens (tertiary/aromatic N) is 1. The van der Waals surface area contributed by atoms with E-state index in [0.717, 1.165) is 31.1 Å². The van der Waals surface area contributed by atoms with E-state index in [9.17, 15) is 4.79 Å². The molecule has 104 valence electrons. The van der Waals surface area contributed by atoms with Crippen LogP contribution in [0.1, 0.15) is 38.3 Å². The molecular weight excluding hydrogens is 236 g/mol. The van der Waals surface area contributed by atoms with E-state index in [1.165, 1.54) is 12.8 Å². The van der Waals surface area contributed by atoms with Crippen LogP contribution in [0.3, 0.4) is 0 Å². The number of carbonyl (C=O) groups is 1. The first-order valence-corrected chi connectivity index (χ1v) is 7.33. The lowest BCUT2D eigenvalue weighted by molar-refractivity contribution is -0.126. The molecule has 3 nitrogen and oxygen atoms in total. The van der Waals surface area contributed by atoms with Gasteiger partial charge in [-0.3, -0.25) is 9.69 Å². The minimum Gasteiger partial charge on any atom is -0.354 e. The minimum atomic E-state index is -0.157. The number of hydrogen-bond acceptors (Lipinski definition) is 2. The van der Waals surface area contributed by atoms with Gasteiger partial charge < -0.3 is 5.32 Å². The summed E-state index contributed by atoms with van der Waals surface area (Å²) in [6.45, 7) is 6.81. The van der Waals surface area contributed by atoms with Gasteiger partial charge in [-0.1, -0.05) is 44.2 Å². The van der Waals surface area contributed by atoms with Crippen LogP contribution in [-0.2, 0) is 4.79 Å². The predicted molar refractivity (Wildman–Crippen MR) is 77.8 cm³/mol. The third-order valence-electron chi connectivity index (χ3n) is 3.80. The van der Waals surface area contributed by atoms with Crippen molar-refractivity contribution in [2.45, 2.75) is 32.7 Å². The Bertz CT molecular complexity index is 396. The molecule has 0 spiro atoms. The number of likely N-dealkylation sites (N-methyl/N-ethyl adjacent to an activating group) is 1. The molecule has 0 heterocycles. The second kappa shape index (κ2) is 6.71. The molecule has 0 saturated heterocycles. The van der Waals surface area contributed by atoms with Crippen molar-refractivity contribution in [2.75, 3.05) is 19.6 Å². The number of hydrogen-bond donors (Lipinski definition) is 1. The van der Waals surface area contributed by atoms with Gasteiger partial charge in [0.05, 0.1) is 0 Å². The van der Waals surface area contributed by atoms with E-state index in [2.05, 4.69) is 24.1 Å². The molecule has 1 aliphatic rings. The predicted octanol–water partition coefficient (Wildman–Crippen LogP) is 2.60. The summed E-state index contributed by atoms with van der Waals surface area (Å²) in [6, 6.07) is 9.92. The first-order chi connectivity index (χ1) is 9.26. The van der Waals surface area contributed by atoms with Crippen molar-refractivity contribution < 1.29 is 4.79 Å². The molecule has 0 bridgehead atoms. The fourth-order valence-electron chi connectivity index (χ4n) is 2.42. The summed E-state index contributed by atoms with van der Waals surface area (Å²) in [5, 5.41) is 3.11. The van der Waals surface area contributed by atoms with Gasteiger partial charge in [0.2, 0.25) is 5.91 Å². The SMILES string of the molecule is CCN(CC)C(C(=O)NCC1CC1)c1ccccc1. The zero-order chi connectivity index (χ0) is 13.7. The second-order valence-electron chi connectivity index (χ2n) is 5.22. The molecule has 1 fully saturated rings. The van der Waals surface area contributed by atoms with Crippen molar-refractivity contribution in [1.29, 1.82) is 0 Å². The molecule has 1 aliphatic carbocycles. The number of amides is 1. The number of rotatable bonds is 7. The van der Waals surface area contributed by atoms with Gasteiger partial charge in [0.15, 0.2) is 0 Å². The largest absolute Gasteiger partial charge is 0.354 e. The summed E-state index contributed by atoms with van der Waals surface area (Å²) in [5.41, 5.74) is 1.08. The summed E-state index contributed by atoms with van der Waals surface area (Å²) < 4.78 is 0. The molecule has 0 radical (unpaired) electrons. The highest BCUT2D eigenvalue weighted by Gasteiger charge is 2.28. The Morgan fingerprint density at radius 1 is 1.26 bits per heavy atom. The van der Waals surface area contributed by atoms with Crippen molar-refractivity contribution >= 4 is 5.91 Å². The molecule has 1 atom stereocenters. The topological polar surface area (TPSA) is 32.3 Å². The van der Waals surface area contributed by atoms with Crippen molar-refractivity contribution in [1.82, 2.24) is 10.2 Å². The lowest BCUT2D eigenvalue weighted by Gasteiger charge is -2.29. The Labute approximate surface area is 116 Å². The first-order valence-electron chi connectivity index (χ1n) is 7.33. The Kier molecular flexibility index (Phi) is 4.97. The Morgan fingerprint density at radius 2 is 1.89 bits per heavy atom. The molecule has 3 heteroatoms. The van der Waals surface area contributed by atoms with Crippen molar-refractivity contribution in [3.8, 4) is 0 Å². The van der Waals surface area contributed by atoms with Crippen LogP contribution in [-0.4, -0.2) is 30.4 Å². The highest BCUT2D eigenvalue weighted by atomic mass is 16.2. The smallest absolute Gasteiger partial charge is 0.241 e. The zero-order valence-electron chi connectivity index (χ0n) is 11.9. The minimum absolute atomic E-state index is 0.141. The normalized spacial score (nSPS) is 16.4. The van der Waals surface area contributed by atoms with E-state index in [1.54, 1.807) is 0 Å². The maximum atomic E-state index is 12.5. The molecule has 19 heavy (non-hydrogen) atoms. The van der Waals surface area contributed by atoms with Crippen molar-refractivity contribution in [2.24, 2.45) is 5.92 Å². The van der Waals surface area contributed by atoms with Gasteiger partial charge in [0, 0.05) is 6.54 Å². The molecule has 1 N–H and O–H groups in total. The Balaban J connectivity index is 2.10. The summed E-state index contributed by atoms with van der Waals surface area (Å²) in [5.74, 6) is 0.860. The van der Waals surface area contributed by atoms with E-state index in [1.807, 2.05) is 30.3 Å². The van der Waals surface area contributed by atoms with Gasteiger partial charge in [-0.25, -0.2) is 0 Å². The molecule has 1 aromatic rings. The molecule has 1 amide bonds. The monoisotopic (exact) mass is 260 g/mol. The zero-order valence-corrected chi connectivity index (χ0v) is 11.9. The second-order valence-corrected chi connectivity index (χ2v) is 5.22. The van der Waals surface area contributed by atoms with Gasteiger partial charge in [-0.15, -0.1) is 0 Å². The van der Waals surface area contributed by atoms with E-state index < -0.39 is 0 Å². The van der Waals surface area contributed by atoms with E-state index in [4.69, 9.17) is 0 Å². The molecule has 2 rings (SSSR count). The van der Waals surface area contributed by atoms with Crippen LogP contribution in [0.2, 0.25) is 0 Å². The first kappa shape index (κ1) is 14.1. The third kappa shape index (κ3) is 3.80. The summed E-state index contributed by atoms with van der Waals surface area (Å²) in [4.78, 5) is 14.7. The quantitative estimate of drug-likeness (QED) is 0.817. The maximum Gasteiger partial charge on any atom is 0.241 e. The molecule has 1 aromatic carbocycles. The summed E-state index contributed by atoms with van der Waals surface area (Å²) >= 11 is 0. The fraction of sp³-hybridized carbons (Fsp3) is 0.562. The van der Waals surface area contributed by atoms with E-state index in [0.29, 0.717) is 0 Å². The van der Waals surface area contributed by atoms with Crippen LogP contribution < -0.4 is 5.32 Å². The number of benzene rings is 1. The van der Waals surface area contributed by atoms with E-state index >= 15 is 0 Å². The molecule has 1 unspecified atom stereocenters. The van der Waals surface area contributed by atoms with Gasteiger partial charge in [-0.05, 0) is 37.4 Å². The van der Waals surface area contributed by atoms with Crippen LogP contribution in [0.15, 0.2) is 30.3 Å². The van der Waals surface area contributed by atoms with Crippen LogP contribution in [0.5, 0.6) is 0 Å². The van der Waals surface area contributed by atoms with E-state index in [-0.39, 0.29) is 11.9 Å². The highest BCUT2D eigenvalue weighted by Crippen LogP contribution is 2.28. The fourth-order valence-corrected chi connectivity index (χ4v) is 2.42. The molecule has 0 aromatic heterocycles. The molecule has 0 aliphatic heterocycles. The van der Waals surface area contributed by atoms with Gasteiger partial charge in [0.25, 0.3) is 0 Å². The number of carbonyl (C=O) groups excluding carboxylic acids is 1. The van der Waals surface area contributed by atoms with Crippen LogP contribution in [0, 0.1) is 5.92 Å². The molecule has 1 saturated carbocycles. The van der Waals surface area contributed by atoms with Gasteiger partial charge >= 0.3 is 0 Å². The lowest BCUT2D eigenvalue weighted by Crippen LogP contribution is -2.41. The van der Waals surface area contributed by atoms with Gasteiger partial charge in [-0.2, -0.15) is 0 Å². The average molecular weight is 260 g/mol. The van der Waals surface area contributed by atoms with Crippen molar-refractivity contribution in [3.63, 3.8) is 0 Å². The van der Waals surface area contributed by atoms with Crippen LogP contribution in [0.25, 0.3) is 0 Å².